The van der Waals surface area contributed by atoms with Gasteiger partial charge in [0.05, 0.1) is 13.0 Å². The molecule has 32 heavy (non-hydrogen) atoms. The van der Waals surface area contributed by atoms with Gasteiger partial charge in [-0.3, -0.25) is 9.59 Å². The van der Waals surface area contributed by atoms with E-state index in [-0.39, 0.29) is 11.8 Å². The maximum absolute atomic E-state index is 13.3. The molecule has 0 spiro atoms. The SMILES string of the molecule is CN1CCN(C(=O)Cc2ccc(N(Cc3ccccc3)C(=O)c3ccccc3)cc2)CC1. The zero-order valence-electron chi connectivity index (χ0n) is 18.5. The first-order valence-electron chi connectivity index (χ1n) is 11.1. The van der Waals surface area contributed by atoms with E-state index >= 15 is 0 Å². The van der Waals surface area contributed by atoms with Crippen LogP contribution in [0.25, 0.3) is 0 Å². The van der Waals surface area contributed by atoms with Crippen molar-refractivity contribution in [2.24, 2.45) is 0 Å². The minimum absolute atomic E-state index is 0.0456. The van der Waals surface area contributed by atoms with Crippen LogP contribution in [0.5, 0.6) is 0 Å². The van der Waals surface area contributed by atoms with Gasteiger partial charge >= 0.3 is 0 Å². The number of nitrogens with zero attached hydrogens (tertiary/aromatic N) is 3. The lowest BCUT2D eigenvalue weighted by Crippen LogP contribution is -2.47. The third-order valence-electron chi connectivity index (χ3n) is 5.91. The van der Waals surface area contributed by atoms with Crippen LogP contribution in [0.2, 0.25) is 0 Å². The van der Waals surface area contributed by atoms with Crippen molar-refractivity contribution in [2.75, 3.05) is 38.1 Å². The van der Waals surface area contributed by atoms with Crippen LogP contribution in [-0.4, -0.2) is 54.8 Å². The highest BCUT2D eigenvalue weighted by molar-refractivity contribution is 6.06. The van der Waals surface area contributed by atoms with Gasteiger partial charge in [-0.1, -0.05) is 60.7 Å². The minimum atomic E-state index is -0.0456. The van der Waals surface area contributed by atoms with Crippen molar-refractivity contribution in [1.29, 1.82) is 0 Å². The largest absolute Gasteiger partial charge is 0.340 e. The second kappa shape index (κ2) is 10.2. The molecule has 2 amide bonds. The third kappa shape index (κ3) is 5.42. The molecular formula is C27H29N3O2. The molecule has 1 heterocycles. The van der Waals surface area contributed by atoms with Crippen molar-refractivity contribution in [3.63, 3.8) is 0 Å². The molecule has 3 aromatic rings. The summed E-state index contributed by atoms with van der Waals surface area (Å²) >= 11 is 0. The maximum atomic E-state index is 13.3. The second-order valence-corrected chi connectivity index (χ2v) is 8.27. The van der Waals surface area contributed by atoms with Crippen LogP contribution < -0.4 is 4.90 Å². The Bertz CT molecular complexity index is 1030. The summed E-state index contributed by atoms with van der Waals surface area (Å²) in [6, 6.07) is 27.1. The molecule has 1 fully saturated rings. The zero-order valence-corrected chi connectivity index (χ0v) is 18.5. The van der Waals surface area contributed by atoms with Gasteiger partial charge < -0.3 is 14.7 Å². The van der Waals surface area contributed by atoms with Gasteiger partial charge in [-0.15, -0.1) is 0 Å². The molecule has 0 N–H and O–H groups in total. The molecule has 5 nitrogen and oxygen atoms in total. The predicted molar refractivity (Wildman–Crippen MR) is 128 cm³/mol. The predicted octanol–water partition coefficient (Wildman–Crippen LogP) is 3.85. The van der Waals surface area contributed by atoms with Crippen molar-refractivity contribution < 1.29 is 9.59 Å². The lowest BCUT2D eigenvalue weighted by atomic mass is 10.1. The zero-order chi connectivity index (χ0) is 22.3. The Balaban J connectivity index is 1.51. The number of likely N-dealkylation sites (N-methyl/N-ethyl adjacent to an activating group) is 1. The van der Waals surface area contributed by atoms with Crippen LogP contribution in [0.1, 0.15) is 21.5 Å². The van der Waals surface area contributed by atoms with Crippen molar-refractivity contribution >= 4 is 17.5 Å². The summed E-state index contributed by atoms with van der Waals surface area (Å²) in [7, 11) is 2.08. The van der Waals surface area contributed by atoms with Crippen LogP contribution >= 0.6 is 0 Å². The molecule has 0 aromatic heterocycles. The summed E-state index contributed by atoms with van der Waals surface area (Å²) in [5.74, 6) is 0.114. The van der Waals surface area contributed by atoms with E-state index in [1.54, 1.807) is 4.90 Å². The van der Waals surface area contributed by atoms with E-state index in [2.05, 4.69) is 11.9 Å². The highest BCUT2D eigenvalue weighted by Crippen LogP contribution is 2.22. The molecule has 5 heteroatoms. The summed E-state index contributed by atoms with van der Waals surface area (Å²) in [5.41, 5.74) is 3.49. The smallest absolute Gasteiger partial charge is 0.258 e. The van der Waals surface area contributed by atoms with E-state index in [1.807, 2.05) is 89.8 Å². The van der Waals surface area contributed by atoms with Crippen molar-refractivity contribution in [2.45, 2.75) is 13.0 Å². The summed E-state index contributed by atoms with van der Waals surface area (Å²) in [6.07, 6.45) is 0.384. The number of hydrogen-bond donors (Lipinski definition) is 0. The highest BCUT2D eigenvalue weighted by atomic mass is 16.2. The molecular weight excluding hydrogens is 398 g/mol. The number of piperazine rings is 1. The van der Waals surface area contributed by atoms with E-state index in [0.717, 1.165) is 43.0 Å². The van der Waals surface area contributed by atoms with Gasteiger partial charge in [-0.25, -0.2) is 0 Å². The molecule has 1 aliphatic rings. The van der Waals surface area contributed by atoms with Gasteiger partial charge in [0, 0.05) is 37.4 Å². The number of rotatable bonds is 6. The molecule has 3 aromatic carbocycles. The fourth-order valence-corrected chi connectivity index (χ4v) is 3.92. The lowest BCUT2D eigenvalue weighted by Gasteiger charge is -2.32. The molecule has 0 saturated carbocycles. The van der Waals surface area contributed by atoms with E-state index < -0.39 is 0 Å². The molecule has 0 bridgehead atoms. The van der Waals surface area contributed by atoms with Gasteiger partial charge in [0.2, 0.25) is 5.91 Å². The number of carbonyl (C=O) groups excluding carboxylic acids is 2. The quantitative estimate of drug-likeness (QED) is 0.600. The standard InChI is InChI=1S/C27H29N3O2/c1-28-16-18-29(19-17-28)26(31)20-22-12-14-25(15-13-22)30(21-23-8-4-2-5-9-23)27(32)24-10-6-3-7-11-24/h2-15H,16-21H2,1H3. The highest BCUT2D eigenvalue weighted by Gasteiger charge is 2.20. The average molecular weight is 428 g/mol. The summed E-state index contributed by atoms with van der Waals surface area (Å²) in [4.78, 5) is 31.9. The molecule has 0 aliphatic carbocycles. The van der Waals surface area contributed by atoms with E-state index in [1.165, 1.54) is 0 Å². The third-order valence-corrected chi connectivity index (χ3v) is 5.91. The normalized spacial score (nSPS) is 14.2. The minimum Gasteiger partial charge on any atom is -0.340 e. The molecule has 1 aliphatic heterocycles. The fraction of sp³-hybridized carbons (Fsp3) is 0.259. The van der Waals surface area contributed by atoms with E-state index in [9.17, 15) is 9.59 Å². The molecule has 0 unspecified atom stereocenters. The topological polar surface area (TPSA) is 43.9 Å². The molecule has 164 valence electrons. The molecule has 0 radical (unpaired) electrons. The van der Waals surface area contributed by atoms with Gasteiger partial charge in [0.15, 0.2) is 0 Å². The monoisotopic (exact) mass is 427 g/mol. The van der Waals surface area contributed by atoms with E-state index in [0.29, 0.717) is 18.5 Å². The van der Waals surface area contributed by atoms with E-state index in [4.69, 9.17) is 0 Å². The summed E-state index contributed by atoms with van der Waals surface area (Å²) in [6.45, 7) is 3.88. The van der Waals surface area contributed by atoms with Crippen LogP contribution in [0.3, 0.4) is 0 Å². The Morgan fingerprint density at radius 2 is 1.34 bits per heavy atom. The summed E-state index contributed by atoms with van der Waals surface area (Å²) in [5, 5.41) is 0. The summed E-state index contributed by atoms with van der Waals surface area (Å²) < 4.78 is 0. The Morgan fingerprint density at radius 1 is 0.750 bits per heavy atom. The number of amides is 2. The maximum Gasteiger partial charge on any atom is 0.258 e. The first-order chi connectivity index (χ1) is 15.6. The van der Waals surface area contributed by atoms with Gasteiger partial charge in [0.1, 0.15) is 0 Å². The van der Waals surface area contributed by atoms with Gasteiger partial charge in [-0.05, 0) is 42.4 Å². The first-order valence-corrected chi connectivity index (χ1v) is 11.1. The van der Waals surface area contributed by atoms with Crippen molar-refractivity contribution in [3.05, 3.63) is 102 Å². The van der Waals surface area contributed by atoms with Gasteiger partial charge in [-0.2, -0.15) is 0 Å². The number of anilines is 1. The van der Waals surface area contributed by atoms with Crippen molar-refractivity contribution in [3.8, 4) is 0 Å². The Morgan fingerprint density at radius 3 is 1.97 bits per heavy atom. The average Bonchev–Trinajstić information content (AvgIpc) is 2.84. The fourth-order valence-electron chi connectivity index (χ4n) is 3.92. The van der Waals surface area contributed by atoms with Crippen LogP contribution in [0, 0.1) is 0 Å². The molecule has 4 rings (SSSR count). The lowest BCUT2D eigenvalue weighted by molar-refractivity contribution is -0.132. The first kappa shape index (κ1) is 21.8. The number of benzene rings is 3. The Kier molecular flexibility index (Phi) is 6.97. The Labute approximate surface area is 189 Å². The second-order valence-electron chi connectivity index (χ2n) is 8.27. The van der Waals surface area contributed by atoms with Gasteiger partial charge in [0.25, 0.3) is 5.91 Å². The number of carbonyl (C=O) groups is 2. The molecule has 1 saturated heterocycles. The number of hydrogen-bond acceptors (Lipinski definition) is 3. The molecule has 0 atom stereocenters. The van der Waals surface area contributed by atoms with Crippen LogP contribution in [-0.2, 0) is 17.8 Å². The Hall–Kier alpha value is -3.44. The van der Waals surface area contributed by atoms with Crippen LogP contribution in [0.15, 0.2) is 84.9 Å². The van der Waals surface area contributed by atoms with Crippen molar-refractivity contribution in [1.82, 2.24) is 9.80 Å². The van der Waals surface area contributed by atoms with Crippen LogP contribution in [0.4, 0.5) is 5.69 Å².